The normalized spacial score (nSPS) is 10.6. The molecule has 0 atom stereocenters. The Morgan fingerprint density at radius 2 is 1.78 bits per heavy atom. The van der Waals surface area contributed by atoms with Gasteiger partial charge in [0.25, 0.3) is 0 Å². The van der Waals surface area contributed by atoms with E-state index in [1.165, 1.54) is 11.3 Å². The minimum absolute atomic E-state index is 0.189. The standard InChI is InChI=1S/C24H14Cl2N2O3S/c1-13-8-14(11-27)2-5-17(13)18-6-3-16(10-22(18)31-24(29)30)23-28-21(12-32-23)15-4-7-19(25)20(26)9-15/h2-10,12H,1H3,(H,29,30). The van der Waals surface area contributed by atoms with Gasteiger partial charge in [-0.2, -0.15) is 5.26 Å². The zero-order valence-electron chi connectivity index (χ0n) is 16.6. The van der Waals surface area contributed by atoms with Crippen molar-refractivity contribution in [2.24, 2.45) is 0 Å². The summed E-state index contributed by atoms with van der Waals surface area (Å²) >= 11 is 13.5. The first kappa shape index (κ1) is 21.8. The number of nitriles is 1. The fourth-order valence-corrected chi connectivity index (χ4v) is 4.41. The molecule has 0 fully saturated rings. The molecule has 0 aliphatic rings. The second kappa shape index (κ2) is 9.01. The third kappa shape index (κ3) is 4.46. The van der Waals surface area contributed by atoms with Crippen LogP contribution in [0.3, 0.4) is 0 Å². The Kier molecular flexibility index (Phi) is 6.15. The summed E-state index contributed by atoms with van der Waals surface area (Å²) in [5.74, 6) is 0.189. The number of rotatable bonds is 4. The molecule has 0 bridgehead atoms. The highest BCUT2D eigenvalue weighted by Crippen LogP contribution is 2.38. The molecule has 0 aliphatic heterocycles. The molecule has 4 aromatic rings. The fraction of sp³-hybridized carbons (Fsp3) is 0.0417. The number of carbonyl (C=O) groups is 1. The van der Waals surface area contributed by atoms with Crippen molar-refractivity contribution in [2.75, 3.05) is 0 Å². The summed E-state index contributed by atoms with van der Waals surface area (Å²) in [6.45, 7) is 1.86. The van der Waals surface area contributed by atoms with E-state index >= 15 is 0 Å². The number of aryl methyl sites for hydroxylation is 1. The minimum atomic E-state index is -1.41. The number of aromatic nitrogens is 1. The van der Waals surface area contributed by atoms with Gasteiger partial charge in [0.2, 0.25) is 0 Å². The van der Waals surface area contributed by atoms with Gasteiger partial charge in [-0.05, 0) is 54.4 Å². The molecule has 0 aliphatic carbocycles. The van der Waals surface area contributed by atoms with Gasteiger partial charge in [-0.3, -0.25) is 0 Å². The van der Waals surface area contributed by atoms with Crippen LogP contribution in [0.2, 0.25) is 10.0 Å². The van der Waals surface area contributed by atoms with Gasteiger partial charge in [-0.15, -0.1) is 11.3 Å². The van der Waals surface area contributed by atoms with Gasteiger partial charge in [0.05, 0.1) is 27.4 Å². The van der Waals surface area contributed by atoms with Crippen molar-refractivity contribution in [2.45, 2.75) is 6.92 Å². The molecule has 3 aromatic carbocycles. The zero-order chi connectivity index (χ0) is 22.8. The molecule has 5 nitrogen and oxygen atoms in total. The van der Waals surface area contributed by atoms with Gasteiger partial charge in [-0.1, -0.05) is 41.4 Å². The highest BCUT2D eigenvalue weighted by Gasteiger charge is 2.16. The van der Waals surface area contributed by atoms with E-state index in [1.54, 1.807) is 42.5 Å². The lowest BCUT2D eigenvalue weighted by atomic mass is 9.97. The average molecular weight is 481 g/mol. The van der Waals surface area contributed by atoms with Crippen LogP contribution in [0.15, 0.2) is 60.0 Å². The maximum atomic E-state index is 11.3. The molecule has 158 valence electrons. The van der Waals surface area contributed by atoms with E-state index in [4.69, 9.17) is 33.2 Å². The number of carboxylic acid groups (broad SMARTS) is 1. The molecule has 1 aromatic heterocycles. The van der Waals surface area contributed by atoms with Crippen LogP contribution in [0.1, 0.15) is 11.1 Å². The molecule has 1 heterocycles. The van der Waals surface area contributed by atoms with Crippen LogP contribution in [0, 0.1) is 18.3 Å². The van der Waals surface area contributed by atoms with E-state index in [1.807, 2.05) is 24.4 Å². The average Bonchev–Trinajstić information content (AvgIpc) is 3.26. The van der Waals surface area contributed by atoms with Crippen LogP contribution in [0.25, 0.3) is 33.0 Å². The molecule has 0 radical (unpaired) electrons. The van der Waals surface area contributed by atoms with E-state index in [9.17, 15) is 9.90 Å². The minimum Gasteiger partial charge on any atom is -0.449 e. The van der Waals surface area contributed by atoms with Gasteiger partial charge in [-0.25, -0.2) is 9.78 Å². The lowest BCUT2D eigenvalue weighted by molar-refractivity contribution is 0.144. The number of hydrogen-bond acceptors (Lipinski definition) is 5. The number of halogens is 2. The molecule has 0 unspecified atom stereocenters. The fourth-order valence-electron chi connectivity index (χ4n) is 3.29. The van der Waals surface area contributed by atoms with Crippen molar-refractivity contribution in [3.05, 3.63) is 81.1 Å². The summed E-state index contributed by atoms with van der Waals surface area (Å²) < 4.78 is 5.09. The van der Waals surface area contributed by atoms with Gasteiger partial charge in [0, 0.05) is 22.1 Å². The summed E-state index contributed by atoms with van der Waals surface area (Å²) in [7, 11) is 0. The molecule has 32 heavy (non-hydrogen) atoms. The maximum Gasteiger partial charge on any atom is 0.511 e. The molecule has 0 saturated heterocycles. The number of hydrogen-bond donors (Lipinski definition) is 1. The SMILES string of the molecule is Cc1cc(C#N)ccc1-c1ccc(-c2nc(-c3ccc(Cl)c(Cl)c3)cs2)cc1OC(=O)O. The number of thiazole rings is 1. The van der Waals surface area contributed by atoms with Gasteiger partial charge >= 0.3 is 6.16 Å². The molecule has 0 amide bonds. The van der Waals surface area contributed by atoms with Crippen LogP contribution in [0.4, 0.5) is 4.79 Å². The topological polar surface area (TPSA) is 83.2 Å². The second-order valence-electron chi connectivity index (χ2n) is 6.89. The number of ether oxygens (including phenoxy) is 1. The van der Waals surface area contributed by atoms with Crippen molar-refractivity contribution in [3.8, 4) is 44.8 Å². The monoisotopic (exact) mass is 480 g/mol. The molecular formula is C24H14Cl2N2O3S. The van der Waals surface area contributed by atoms with E-state index in [0.717, 1.165) is 22.4 Å². The van der Waals surface area contributed by atoms with Crippen LogP contribution in [-0.2, 0) is 0 Å². The Morgan fingerprint density at radius 1 is 1.03 bits per heavy atom. The largest absolute Gasteiger partial charge is 0.511 e. The van der Waals surface area contributed by atoms with Crippen LogP contribution in [-0.4, -0.2) is 16.2 Å². The van der Waals surface area contributed by atoms with Gasteiger partial charge in [0.1, 0.15) is 10.8 Å². The Labute approximate surface area is 198 Å². The van der Waals surface area contributed by atoms with Crippen molar-refractivity contribution in [1.82, 2.24) is 4.98 Å². The van der Waals surface area contributed by atoms with Gasteiger partial charge in [0.15, 0.2) is 0 Å². The third-order valence-corrected chi connectivity index (χ3v) is 6.42. The molecule has 8 heteroatoms. The molecule has 0 spiro atoms. The summed E-state index contributed by atoms with van der Waals surface area (Å²) in [6.07, 6.45) is -1.41. The molecular weight excluding hydrogens is 467 g/mol. The Morgan fingerprint density at radius 3 is 2.47 bits per heavy atom. The Bertz CT molecular complexity index is 1390. The smallest absolute Gasteiger partial charge is 0.449 e. The van der Waals surface area contributed by atoms with Crippen molar-refractivity contribution in [1.29, 1.82) is 5.26 Å². The number of benzene rings is 3. The predicted molar refractivity (Wildman–Crippen MR) is 127 cm³/mol. The summed E-state index contributed by atoms with van der Waals surface area (Å²) in [5, 5.41) is 21.9. The summed E-state index contributed by atoms with van der Waals surface area (Å²) in [6, 6.07) is 17.9. The lowest BCUT2D eigenvalue weighted by Gasteiger charge is -2.12. The number of nitrogens with zero attached hydrogens (tertiary/aromatic N) is 2. The maximum absolute atomic E-state index is 11.3. The first-order valence-electron chi connectivity index (χ1n) is 9.33. The van der Waals surface area contributed by atoms with Gasteiger partial charge < -0.3 is 9.84 Å². The quantitative estimate of drug-likeness (QED) is 0.239. The molecule has 4 rings (SSSR count). The van der Waals surface area contributed by atoms with Crippen molar-refractivity contribution >= 4 is 40.7 Å². The van der Waals surface area contributed by atoms with Crippen LogP contribution < -0.4 is 4.74 Å². The van der Waals surface area contributed by atoms with E-state index in [2.05, 4.69) is 11.1 Å². The predicted octanol–water partition coefficient (Wildman–Crippen LogP) is 7.69. The summed E-state index contributed by atoms with van der Waals surface area (Å²) in [5.41, 5.74) is 5.03. The first-order chi connectivity index (χ1) is 15.4. The first-order valence-corrected chi connectivity index (χ1v) is 11.0. The zero-order valence-corrected chi connectivity index (χ0v) is 18.9. The van der Waals surface area contributed by atoms with E-state index < -0.39 is 6.16 Å². The van der Waals surface area contributed by atoms with E-state index in [0.29, 0.717) is 31.7 Å². The summed E-state index contributed by atoms with van der Waals surface area (Å²) in [4.78, 5) is 16.0. The third-order valence-electron chi connectivity index (χ3n) is 4.79. The van der Waals surface area contributed by atoms with Crippen LogP contribution in [0.5, 0.6) is 5.75 Å². The van der Waals surface area contributed by atoms with Crippen LogP contribution >= 0.6 is 34.5 Å². The molecule has 1 N–H and O–H groups in total. The van der Waals surface area contributed by atoms with Crippen molar-refractivity contribution < 1.29 is 14.6 Å². The van der Waals surface area contributed by atoms with Crippen molar-refractivity contribution in [3.63, 3.8) is 0 Å². The second-order valence-corrected chi connectivity index (χ2v) is 8.56. The van der Waals surface area contributed by atoms with E-state index in [-0.39, 0.29) is 5.75 Å². The Balaban J connectivity index is 1.75. The lowest BCUT2D eigenvalue weighted by Crippen LogP contribution is -2.04. The molecule has 0 saturated carbocycles. The highest BCUT2D eigenvalue weighted by atomic mass is 35.5. The highest BCUT2D eigenvalue weighted by molar-refractivity contribution is 7.13. The Hall–Kier alpha value is -3.37.